The van der Waals surface area contributed by atoms with Crippen LogP contribution in [0.3, 0.4) is 0 Å². The molecule has 4 aliphatic heterocycles. The molecule has 11 nitrogen and oxygen atoms in total. The summed E-state index contributed by atoms with van der Waals surface area (Å²) in [6.07, 6.45) is 4.96. The molecule has 3 atom stereocenters. The average Bonchev–Trinajstić information content (AvgIpc) is 3.70. The number of piperidine rings is 1. The summed E-state index contributed by atoms with van der Waals surface area (Å²) >= 11 is 0. The van der Waals surface area contributed by atoms with E-state index in [4.69, 9.17) is 31.7 Å². The third-order valence-electron chi connectivity index (χ3n) is 9.02. The van der Waals surface area contributed by atoms with E-state index in [1.54, 1.807) is 0 Å². The van der Waals surface area contributed by atoms with Crippen molar-refractivity contribution in [3.8, 4) is 0 Å². The Hall–Kier alpha value is -3.46. The van der Waals surface area contributed by atoms with Gasteiger partial charge in [0, 0.05) is 44.2 Å². The summed E-state index contributed by atoms with van der Waals surface area (Å²) in [6.45, 7) is 15.2. The van der Waals surface area contributed by atoms with E-state index in [1.165, 1.54) is 0 Å². The van der Waals surface area contributed by atoms with Crippen LogP contribution in [0.4, 0.5) is 28.7 Å². The number of benzene rings is 1. The van der Waals surface area contributed by atoms with Gasteiger partial charge in [-0.3, -0.25) is 5.10 Å². The predicted octanol–water partition coefficient (Wildman–Crippen LogP) is 2.98. The van der Waals surface area contributed by atoms with Crippen molar-refractivity contribution in [2.75, 3.05) is 60.7 Å². The predicted molar refractivity (Wildman–Crippen MR) is 145 cm³/mol. The summed E-state index contributed by atoms with van der Waals surface area (Å²) in [4.78, 5) is 20.3. The lowest BCUT2D eigenvalue weighted by atomic mass is 9.73. The molecule has 0 amide bonds. The monoisotopic (exact) mass is 515 g/mol. The second-order valence-corrected chi connectivity index (χ2v) is 11.0. The van der Waals surface area contributed by atoms with E-state index in [0.29, 0.717) is 17.4 Å². The van der Waals surface area contributed by atoms with Crippen molar-refractivity contribution in [1.82, 2.24) is 20.2 Å². The van der Waals surface area contributed by atoms with Crippen molar-refractivity contribution in [3.05, 3.63) is 35.8 Å². The molecule has 3 saturated heterocycles. The zero-order valence-corrected chi connectivity index (χ0v) is 21.6. The second kappa shape index (κ2) is 9.08. The largest absolute Gasteiger partial charge is 0.379 e. The summed E-state index contributed by atoms with van der Waals surface area (Å²) in [7, 11) is 0. The van der Waals surface area contributed by atoms with Gasteiger partial charge in [-0.15, -0.1) is 0 Å². The lowest BCUT2D eigenvalue weighted by molar-refractivity contribution is 0.0974. The van der Waals surface area contributed by atoms with E-state index in [2.05, 4.69) is 36.7 Å². The minimum Gasteiger partial charge on any atom is -0.379 e. The van der Waals surface area contributed by atoms with Crippen molar-refractivity contribution < 1.29 is 9.47 Å². The van der Waals surface area contributed by atoms with E-state index in [0.717, 1.165) is 93.8 Å². The molecule has 6 heterocycles. The Morgan fingerprint density at radius 1 is 1.18 bits per heavy atom. The Labute approximate surface area is 221 Å². The molecular weight excluding hydrogens is 482 g/mol. The molecule has 2 aromatic heterocycles. The third-order valence-corrected chi connectivity index (χ3v) is 9.02. The molecule has 1 spiro atoms. The summed E-state index contributed by atoms with van der Waals surface area (Å²) in [5.74, 6) is 1.62. The molecule has 198 valence electrons. The number of hydrogen-bond donors (Lipinski definition) is 2. The topological polar surface area (TPSA) is 113 Å². The van der Waals surface area contributed by atoms with Crippen LogP contribution in [-0.4, -0.2) is 84.4 Å². The van der Waals surface area contributed by atoms with Crippen LogP contribution in [0.5, 0.6) is 0 Å². The fourth-order valence-electron chi connectivity index (χ4n) is 6.63. The van der Waals surface area contributed by atoms with E-state index >= 15 is 0 Å². The van der Waals surface area contributed by atoms with Gasteiger partial charge in [-0.1, -0.05) is 6.07 Å². The van der Waals surface area contributed by atoms with Gasteiger partial charge in [0.25, 0.3) is 0 Å². The maximum atomic E-state index is 7.52. The van der Waals surface area contributed by atoms with Gasteiger partial charge in [0.15, 0.2) is 22.7 Å². The number of anilines is 4. The number of aromatic nitrogens is 4. The third kappa shape index (κ3) is 3.70. The number of nitrogens with two attached hydrogens (primary N) is 1. The molecule has 38 heavy (non-hydrogen) atoms. The van der Waals surface area contributed by atoms with Crippen LogP contribution in [0.25, 0.3) is 16.0 Å². The highest BCUT2D eigenvalue weighted by molar-refractivity contribution is 5.91. The molecule has 3 aromatic rings. The molecular formula is C27H33N9O2. The van der Waals surface area contributed by atoms with E-state index in [9.17, 15) is 0 Å². The highest BCUT2D eigenvalue weighted by atomic mass is 16.5. The van der Waals surface area contributed by atoms with Gasteiger partial charge in [0.05, 0.1) is 49.5 Å². The molecule has 0 aliphatic carbocycles. The van der Waals surface area contributed by atoms with Gasteiger partial charge < -0.3 is 29.9 Å². The minimum absolute atomic E-state index is 0.0713. The Morgan fingerprint density at radius 3 is 2.79 bits per heavy atom. The highest BCUT2D eigenvalue weighted by Gasteiger charge is 2.47. The van der Waals surface area contributed by atoms with Gasteiger partial charge in [0.2, 0.25) is 0 Å². The number of nitrogens with one attached hydrogen (secondary N) is 1. The van der Waals surface area contributed by atoms with Crippen LogP contribution in [0.2, 0.25) is 0 Å². The summed E-state index contributed by atoms with van der Waals surface area (Å²) in [5.41, 5.74) is 10.7. The summed E-state index contributed by atoms with van der Waals surface area (Å²) in [6, 6.07) is 6.29. The first-order valence-electron chi connectivity index (χ1n) is 13.5. The molecule has 11 heteroatoms. The molecule has 0 bridgehead atoms. The standard InChI is InChI=1S/C27H33N9O2/c1-17-24(28)27(16-38-17)6-8-34(9-7-27)22-14-30-23-25(31-22)32-33-26(23)36-11-10-35(19-5-12-37-15-19)21-13-18(29-2)3-4-20(21)36/h3-4,13-14,17,19,24H,5-12,15-16,28H2,1H3,(H,31,32,33)/t17-,19+,24+/m0/s1. The van der Waals surface area contributed by atoms with Gasteiger partial charge >= 0.3 is 0 Å². The van der Waals surface area contributed by atoms with Crippen molar-refractivity contribution in [2.24, 2.45) is 11.1 Å². The Bertz CT molecular complexity index is 1390. The number of rotatable bonds is 3. The van der Waals surface area contributed by atoms with Gasteiger partial charge in [0.1, 0.15) is 5.82 Å². The molecule has 4 aliphatic rings. The minimum atomic E-state index is 0.0713. The maximum Gasteiger partial charge on any atom is 0.189 e. The lowest BCUT2D eigenvalue weighted by Gasteiger charge is -2.41. The number of hydrogen-bond acceptors (Lipinski definition) is 9. The van der Waals surface area contributed by atoms with Crippen molar-refractivity contribution in [3.63, 3.8) is 0 Å². The number of ether oxygens (including phenoxy) is 2. The molecule has 0 radical (unpaired) electrons. The van der Waals surface area contributed by atoms with E-state index < -0.39 is 0 Å². The van der Waals surface area contributed by atoms with Crippen molar-refractivity contribution in [2.45, 2.75) is 44.4 Å². The quantitative estimate of drug-likeness (QED) is 0.508. The van der Waals surface area contributed by atoms with E-state index in [-0.39, 0.29) is 17.6 Å². The fourth-order valence-corrected chi connectivity index (χ4v) is 6.63. The number of aromatic amines is 1. The van der Waals surface area contributed by atoms with Crippen LogP contribution in [0, 0.1) is 12.0 Å². The maximum absolute atomic E-state index is 7.52. The molecule has 7 rings (SSSR count). The summed E-state index contributed by atoms with van der Waals surface area (Å²) in [5, 5.41) is 7.80. The number of nitrogens with zero attached hydrogens (tertiary/aromatic N) is 7. The lowest BCUT2D eigenvalue weighted by Crippen LogP contribution is -2.50. The van der Waals surface area contributed by atoms with Crippen molar-refractivity contribution in [1.29, 1.82) is 0 Å². The van der Waals surface area contributed by atoms with Crippen LogP contribution in [0.15, 0.2) is 24.4 Å². The normalized spacial score (nSPS) is 26.8. The Morgan fingerprint density at radius 2 is 2.05 bits per heavy atom. The number of H-pyrrole nitrogens is 1. The van der Waals surface area contributed by atoms with Crippen molar-refractivity contribution >= 4 is 39.9 Å². The van der Waals surface area contributed by atoms with Crippen LogP contribution < -0.4 is 20.4 Å². The first kappa shape index (κ1) is 23.6. The zero-order valence-electron chi connectivity index (χ0n) is 21.6. The van der Waals surface area contributed by atoms with Crippen LogP contribution >= 0.6 is 0 Å². The highest BCUT2D eigenvalue weighted by Crippen LogP contribution is 2.44. The summed E-state index contributed by atoms with van der Waals surface area (Å²) < 4.78 is 11.5. The van der Waals surface area contributed by atoms with E-state index in [1.807, 2.05) is 24.4 Å². The van der Waals surface area contributed by atoms with Gasteiger partial charge in [-0.2, -0.15) is 5.10 Å². The van der Waals surface area contributed by atoms with Crippen LogP contribution in [-0.2, 0) is 9.47 Å². The van der Waals surface area contributed by atoms with Gasteiger partial charge in [-0.25, -0.2) is 14.8 Å². The smallest absolute Gasteiger partial charge is 0.189 e. The first-order valence-corrected chi connectivity index (χ1v) is 13.5. The molecule has 1 aromatic carbocycles. The van der Waals surface area contributed by atoms with Crippen LogP contribution in [0.1, 0.15) is 26.2 Å². The Kier molecular flexibility index (Phi) is 5.65. The molecule has 0 unspecified atom stereocenters. The average molecular weight is 516 g/mol. The number of fused-ring (bicyclic) bond motifs is 2. The molecule has 3 fully saturated rings. The SMILES string of the molecule is [C-]#[N+]c1ccc2c(c1)N([C@@H]1CCOC1)CCN2c1n[nH]c2nc(N3CCC4(CC3)CO[C@@H](C)[C@H]4N)cnc12. The molecule has 3 N–H and O–H groups in total. The Balaban J connectivity index is 1.16. The first-order chi connectivity index (χ1) is 18.6. The zero-order chi connectivity index (χ0) is 25.9. The molecule has 0 saturated carbocycles. The second-order valence-electron chi connectivity index (χ2n) is 11.0. The van der Waals surface area contributed by atoms with Gasteiger partial charge in [-0.05, 0) is 38.3 Å². The fraction of sp³-hybridized carbons (Fsp3) is 0.556.